The Hall–Kier alpha value is -2.43. The van der Waals surface area contributed by atoms with E-state index in [0.717, 1.165) is 33.8 Å². The lowest BCUT2D eigenvalue weighted by atomic mass is 10.1. The molecule has 0 radical (unpaired) electrons. The third kappa shape index (κ3) is 4.04. The van der Waals surface area contributed by atoms with E-state index in [1.165, 1.54) is 0 Å². The number of benzene rings is 1. The number of nitrogens with zero attached hydrogens (tertiary/aromatic N) is 2. The van der Waals surface area contributed by atoms with Crippen LogP contribution in [0.5, 0.6) is 5.75 Å². The highest BCUT2D eigenvalue weighted by Gasteiger charge is 2.09. The van der Waals surface area contributed by atoms with Crippen molar-refractivity contribution in [2.45, 2.75) is 34.2 Å². The van der Waals surface area contributed by atoms with E-state index >= 15 is 0 Å². The fourth-order valence-corrected chi connectivity index (χ4v) is 2.04. The fourth-order valence-electron chi connectivity index (χ4n) is 2.04. The van der Waals surface area contributed by atoms with Gasteiger partial charge in [-0.05, 0) is 44.4 Å². The van der Waals surface area contributed by atoms with Crippen LogP contribution in [0.25, 0.3) is 0 Å². The van der Waals surface area contributed by atoms with Crippen molar-refractivity contribution >= 4 is 5.91 Å². The van der Waals surface area contributed by atoms with E-state index in [1.807, 2.05) is 39.8 Å². The summed E-state index contributed by atoms with van der Waals surface area (Å²) in [6, 6.07) is 4.05. The highest BCUT2D eigenvalue weighted by atomic mass is 16.5. The number of ether oxygens (including phenoxy) is 1. The molecule has 0 aliphatic rings. The van der Waals surface area contributed by atoms with E-state index in [1.54, 1.807) is 12.4 Å². The van der Waals surface area contributed by atoms with Crippen LogP contribution in [0.4, 0.5) is 0 Å². The summed E-state index contributed by atoms with van der Waals surface area (Å²) in [5.41, 5.74) is 4.82. The highest BCUT2D eigenvalue weighted by Crippen LogP contribution is 2.25. The number of aryl methyl sites for hydroxylation is 3. The molecule has 5 heteroatoms. The van der Waals surface area contributed by atoms with Gasteiger partial charge in [-0.15, -0.1) is 0 Å². The van der Waals surface area contributed by atoms with Crippen LogP contribution >= 0.6 is 0 Å². The normalized spacial score (nSPS) is 10.4. The van der Waals surface area contributed by atoms with E-state index in [-0.39, 0.29) is 12.5 Å². The van der Waals surface area contributed by atoms with Gasteiger partial charge in [0.15, 0.2) is 6.61 Å². The second-order valence-corrected chi connectivity index (χ2v) is 5.37. The Balaban J connectivity index is 1.88. The number of amides is 1. The van der Waals surface area contributed by atoms with E-state index in [9.17, 15) is 4.79 Å². The van der Waals surface area contributed by atoms with Crippen molar-refractivity contribution in [3.05, 3.63) is 52.6 Å². The van der Waals surface area contributed by atoms with Crippen LogP contribution in [-0.2, 0) is 11.3 Å². The minimum absolute atomic E-state index is 0.00950. The van der Waals surface area contributed by atoms with Gasteiger partial charge in [0.1, 0.15) is 5.75 Å². The van der Waals surface area contributed by atoms with Gasteiger partial charge in [0, 0.05) is 6.20 Å². The average molecular weight is 299 g/mol. The van der Waals surface area contributed by atoms with Crippen molar-refractivity contribution in [3.63, 3.8) is 0 Å². The summed E-state index contributed by atoms with van der Waals surface area (Å²) >= 11 is 0. The molecule has 0 atom stereocenters. The monoisotopic (exact) mass is 299 g/mol. The minimum atomic E-state index is -0.178. The van der Waals surface area contributed by atoms with Crippen molar-refractivity contribution in [2.24, 2.45) is 0 Å². The number of carbonyl (C=O) groups is 1. The van der Waals surface area contributed by atoms with Gasteiger partial charge >= 0.3 is 0 Å². The Morgan fingerprint density at radius 2 is 1.82 bits per heavy atom. The number of rotatable bonds is 5. The van der Waals surface area contributed by atoms with Crippen LogP contribution in [0.3, 0.4) is 0 Å². The molecule has 22 heavy (non-hydrogen) atoms. The van der Waals surface area contributed by atoms with Gasteiger partial charge < -0.3 is 10.1 Å². The maximum atomic E-state index is 11.9. The maximum absolute atomic E-state index is 11.9. The summed E-state index contributed by atoms with van der Waals surface area (Å²) in [5, 5.41) is 2.78. The summed E-state index contributed by atoms with van der Waals surface area (Å²) in [6.45, 7) is 8.21. The Kier molecular flexibility index (Phi) is 5.09. The smallest absolute Gasteiger partial charge is 0.258 e. The first-order chi connectivity index (χ1) is 10.5. The Morgan fingerprint density at radius 3 is 2.50 bits per heavy atom. The molecule has 2 rings (SSSR count). The van der Waals surface area contributed by atoms with Crippen molar-refractivity contribution < 1.29 is 9.53 Å². The average Bonchev–Trinajstić information content (AvgIpc) is 2.50. The standard InChI is InChI=1S/C17H21N3O2/c1-11-5-6-12(2)17(14(11)4)22-10-16(21)20-9-15-8-18-13(3)7-19-15/h5-8H,9-10H2,1-4H3,(H,20,21). The van der Waals surface area contributed by atoms with Crippen LogP contribution in [0.15, 0.2) is 24.5 Å². The second kappa shape index (κ2) is 7.02. The van der Waals surface area contributed by atoms with Crippen molar-refractivity contribution in [3.8, 4) is 5.75 Å². The molecule has 2 aromatic rings. The summed E-state index contributed by atoms with van der Waals surface area (Å²) in [7, 11) is 0. The number of carbonyl (C=O) groups excluding carboxylic acids is 1. The van der Waals surface area contributed by atoms with Gasteiger partial charge in [0.05, 0.1) is 24.1 Å². The molecule has 116 valence electrons. The zero-order chi connectivity index (χ0) is 16.1. The van der Waals surface area contributed by atoms with Gasteiger partial charge in [0.2, 0.25) is 0 Å². The maximum Gasteiger partial charge on any atom is 0.258 e. The van der Waals surface area contributed by atoms with Crippen LogP contribution in [0.1, 0.15) is 28.1 Å². The van der Waals surface area contributed by atoms with E-state index in [4.69, 9.17) is 4.74 Å². The first-order valence-electron chi connectivity index (χ1n) is 7.21. The molecule has 1 N–H and O–H groups in total. The molecule has 0 fully saturated rings. The molecule has 1 amide bonds. The quantitative estimate of drug-likeness (QED) is 0.921. The van der Waals surface area contributed by atoms with Gasteiger partial charge in [-0.1, -0.05) is 12.1 Å². The number of hydrogen-bond acceptors (Lipinski definition) is 4. The van der Waals surface area contributed by atoms with Gasteiger partial charge in [0.25, 0.3) is 5.91 Å². The predicted molar refractivity (Wildman–Crippen MR) is 84.8 cm³/mol. The minimum Gasteiger partial charge on any atom is -0.483 e. The Labute approximate surface area is 130 Å². The molecule has 0 aliphatic heterocycles. The lowest BCUT2D eigenvalue weighted by Crippen LogP contribution is -2.29. The lowest BCUT2D eigenvalue weighted by Gasteiger charge is -2.13. The zero-order valence-electron chi connectivity index (χ0n) is 13.4. The molecule has 0 saturated heterocycles. The van der Waals surface area contributed by atoms with Crippen LogP contribution in [0, 0.1) is 27.7 Å². The van der Waals surface area contributed by atoms with Gasteiger partial charge in [-0.25, -0.2) is 0 Å². The molecule has 5 nitrogen and oxygen atoms in total. The van der Waals surface area contributed by atoms with E-state index < -0.39 is 0 Å². The number of hydrogen-bond donors (Lipinski definition) is 1. The first-order valence-corrected chi connectivity index (χ1v) is 7.21. The SMILES string of the molecule is Cc1cnc(CNC(=O)COc2c(C)ccc(C)c2C)cn1. The molecule has 0 saturated carbocycles. The second-order valence-electron chi connectivity index (χ2n) is 5.37. The first kappa shape index (κ1) is 15.9. The predicted octanol–water partition coefficient (Wildman–Crippen LogP) is 2.41. The highest BCUT2D eigenvalue weighted by molar-refractivity contribution is 5.77. The summed E-state index contributed by atoms with van der Waals surface area (Å²) < 4.78 is 5.67. The molecule has 0 bridgehead atoms. The fraction of sp³-hybridized carbons (Fsp3) is 0.353. The third-order valence-electron chi connectivity index (χ3n) is 3.52. The molecule has 1 aromatic carbocycles. The topological polar surface area (TPSA) is 64.1 Å². The molecule has 1 heterocycles. The number of aromatic nitrogens is 2. The van der Waals surface area contributed by atoms with Gasteiger partial charge in [-0.3, -0.25) is 14.8 Å². The molecule has 0 aliphatic carbocycles. The summed E-state index contributed by atoms with van der Waals surface area (Å²) in [5.74, 6) is 0.605. The lowest BCUT2D eigenvalue weighted by molar-refractivity contribution is -0.123. The van der Waals surface area contributed by atoms with Crippen LogP contribution in [0.2, 0.25) is 0 Å². The third-order valence-corrected chi connectivity index (χ3v) is 3.52. The van der Waals surface area contributed by atoms with Crippen molar-refractivity contribution in [2.75, 3.05) is 6.61 Å². The van der Waals surface area contributed by atoms with Gasteiger partial charge in [-0.2, -0.15) is 0 Å². The van der Waals surface area contributed by atoms with Crippen LogP contribution in [-0.4, -0.2) is 22.5 Å². The van der Waals surface area contributed by atoms with Crippen molar-refractivity contribution in [1.82, 2.24) is 15.3 Å². The molecule has 0 unspecified atom stereocenters. The molecule has 0 spiro atoms. The van der Waals surface area contributed by atoms with Crippen molar-refractivity contribution in [1.29, 1.82) is 0 Å². The largest absolute Gasteiger partial charge is 0.483 e. The van der Waals surface area contributed by atoms with E-state index in [2.05, 4.69) is 15.3 Å². The Morgan fingerprint density at radius 1 is 1.09 bits per heavy atom. The molecule has 1 aromatic heterocycles. The molecular formula is C17H21N3O2. The molecular weight excluding hydrogens is 278 g/mol. The zero-order valence-corrected chi connectivity index (χ0v) is 13.4. The summed E-state index contributed by atoms with van der Waals surface area (Å²) in [4.78, 5) is 20.2. The summed E-state index contributed by atoms with van der Waals surface area (Å²) in [6.07, 6.45) is 3.34. The Bertz CT molecular complexity index is 666. The van der Waals surface area contributed by atoms with E-state index in [0.29, 0.717) is 6.54 Å². The van der Waals surface area contributed by atoms with Crippen LogP contribution < -0.4 is 10.1 Å². The number of nitrogens with one attached hydrogen (secondary N) is 1.